The fourth-order valence-electron chi connectivity index (χ4n) is 0.880. The molecule has 4 nitrogen and oxygen atoms in total. The quantitative estimate of drug-likeness (QED) is 0.893. The maximum atomic E-state index is 12.0. The van der Waals surface area contributed by atoms with Gasteiger partial charge in [-0.1, -0.05) is 5.16 Å². The van der Waals surface area contributed by atoms with Gasteiger partial charge in [-0.2, -0.15) is 18.2 Å². The van der Waals surface area contributed by atoms with Crippen LogP contribution < -0.4 is 0 Å². The number of aliphatic hydroxyl groups is 1. The van der Waals surface area contributed by atoms with Crippen molar-refractivity contribution in [1.82, 2.24) is 10.1 Å². The normalized spacial score (nSPS) is 16.1. The summed E-state index contributed by atoms with van der Waals surface area (Å²) in [5.74, 6) is 0.238. The predicted molar refractivity (Wildman–Crippen MR) is 52.0 cm³/mol. The highest BCUT2D eigenvalue weighted by Crippen LogP contribution is 2.31. The van der Waals surface area contributed by atoms with E-state index in [1.807, 2.05) is 0 Å². The second-order valence-electron chi connectivity index (χ2n) is 3.21. The number of aromatic nitrogens is 2. The van der Waals surface area contributed by atoms with E-state index in [1.54, 1.807) is 13.8 Å². The summed E-state index contributed by atoms with van der Waals surface area (Å²) in [6.45, 7) is 3.26. The van der Waals surface area contributed by atoms with Crippen LogP contribution in [0.5, 0.6) is 0 Å². The largest absolute Gasteiger partial charge is 0.415 e. The summed E-state index contributed by atoms with van der Waals surface area (Å²) >= 11 is 0.912. The fraction of sp³-hybridized carbons (Fsp3) is 0.750. The lowest BCUT2D eigenvalue weighted by atomic mass is 10.4. The molecule has 1 aromatic rings. The van der Waals surface area contributed by atoms with Crippen molar-refractivity contribution in [3.63, 3.8) is 0 Å². The van der Waals surface area contributed by atoms with Crippen molar-refractivity contribution in [3.8, 4) is 0 Å². The van der Waals surface area contributed by atoms with Crippen LogP contribution in [0.3, 0.4) is 0 Å². The molecule has 0 aliphatic rings. The van der Waals surface area contributed by atoms with Gasteiger partial charge in [-0.3, -0.25) is 0 Å². The summed E-state index contributed by atoms with van der Waals surface area (Å²) < 4.78 is 40.8. The topological polar surface area (TPSA) is 59.2 Å². The first-order valence-corrected chi connectivity index (χ1v) is 5.52. The molecule has 0 radical (unpaired) electrons. The van der Waals surface area contributed by atoms with Gasteiger partial charge in [0.1, 0.15) is 0 Å². The van der Waals surface area contributed by atoms with E-state index in [1.165, 1.54) is 0 Å². The third-order valence-electron chi connectivity index (χ3n) is 1.77. The molecule has 1 rings (SSSR count). The van der Waals surface area contributed by atoms with Gasteiger partial charge in [0.25, 0.3) is 0 Å². The zero-order valence-electron chi connectivity index (χ0n) is 8.65. The lowest BCUT2D eigenvalue weighted by Gasteiger charge is -2.15. The van der Waals surface area contributed by atoms with Crippen molar-refractivity contribution in [2.45, 2.75) is 31.4 Å². The Labute approximate surface area is 94.2 Å². The van der Waals surface area contributed by atoms with Crippen LogP contribution in [-0.4, -0.2) is 33.3 Å². The van der Waals surface area contributed by atoms with Crippen LogP contribution in [0.2, 0.25) is 0 Å². The highest BCUT2D eigenvalue weighted by molar-refractivity contribution is 7.99. The monoisotopic (exact) mass is 256 g/mol. The van der Waals surface area contributed by atoms with E-state index < -0.39 is 18.0 Å². The number of aryl methyl sites for hydroxylation is 1. The number of halogens is 3. The molecule has 0 unspecified atom stereocenters. The van der Waals surface area contributed by atoms with Crippen molar-refractivity contribution >= 4 is 11.8 Å². The highest BCUT2D eigenvalue weighted by Gasteiger charge is 2.38. The van der Waals surface area contributed by atoms with E-state index in [0.717, 1.165) is 11.8 Å². The minimum atomic E-state index is -4.59. The van der Waals surface area contributed by atoms with Gasteiger partial charge in [0.2, 0.25) is 5.89 Å². The molecule has 8 heteroatoms. The molecule has 0 aliphatic carbocycles. The van der Waals surface area contributed by atoms with E-state index in [-0.39, 0.29) is 11.1 Å². The Balaban J connectivity index is 2.44. The summed E-state index contributed by atoms with van der Waals surface area (Å²) in [4.78, 5) is 3.89. The van der Waals surface area contributed by atoms with E-state index in [4.69, 9.17) is 9.63 Å². The number of aliphatic hydroxyl groups excluding tert-OH is 1. The van der Waals surface area contributed by atoms with E-state index in [9.17, 15) is 13.2 Å². The first kappa shape index (κ1) is 13.3. The van der Waals surface area contributed by atoms with Crippen molar-refractivity contribution in [1.29, 1.82) is 0 Å². The summed E-state index contributed by atoms with van der Waals surface area (Å²) in [7, 11) is 0. The lowest BCUT2D eigenvalue weighted by molar-refractivity contribution is -0.195. The Morgan fingerprint density at radius 3 is 2.56 bits per heavy atom. The molecular weight excluding hydrogens is 245 g/mol. The Bertz CT molecular complexity index is 342. The SMILES string of the molecule is Cc1noc([C@@H](C)SC[C@@H](O)C(F)(F)F)n1. The van der Waals surface area contributed by atoms with Crippen molar-refractivity contribution in [2.75, 3.05) is 5.75 Å². The Hall–Kier alpha value is -0.760. The molecule has 0 amide bonds. The predicted octanol–water partition coefficient (Wildman–Crippen LogP) is 2.10. The molecule has 0 aromatic carbocycles. The number of thioether (sulfide) groups is 1. The smallest absolute Gasteiger partial charge is 0.383 e. The zero-order valence-corrected chi connectivity index (χ0v) is 9.47. The average Bonchev–Trinajstić information content (AvgIpc) is 2.59. The molecular formula is C8H11F3N2O2S. The first-order chi connectivity index (χ1) is 7.30. The molecule has 1 N–H and O–H groups in total. The minimum Gasteiger partial charge on any atom is -0.383 e. The lowest BCUT2D eigenvalue weighted by Crippen LogP contribution is -2.30. The van der Waals surface area contributed by atoms with Gasteiger partial charge >= 0.3 is 6.18 Å². The van der Waals surface area contributed by atoms with Crippen LogP contribution in [0.25, 0.3) is 0 Å². The maximum Gasteiger partial charge on any atom is 0.415 e. The summed E-state index contributed by atoms with van der Waals surface area (Å²) in [6, 6.07) is 0. The molecule has 0 saturated carbocycles. The number of nitrogens with zero attached hydrogens (tertiary/aromatic N) is 2. The van der Waals surface area contributed by atoms with Crippen LogP contribution in [0.4, 0.5) is 13.2 Å². The summed E-state index contributed by atoms with van der Waals surface area (Å²) in [5, 5.41) is 11.9. The van der Waals surface area contributed by atoms with Crippen LogP contribution in [0.1, 0.15) is 23.9 Å². The second-order valence-corrected chi connectivity index (χ2v) is 4.59. The Morgan fingerprint density at radius 2 is 2.12 bits per heavy atom. The third-order valence-corrected chi connectivity index (χ3v) is 2.98. The zero-order chi connectivity index (χ0) is 12.3. The van der Waals surface area contributed by atoms with Crippen LogP contribution in [0.15, 0.2) is 4.52 Å². The molecule has 0 bridgehead atoms. The van der Waals surface area contributed by atoms with Gasteiger partial charge < -0.3 is 9.63 Å². The molecule has 0 saturated heterocycles. The fourth-order valence-corrected chi connectivity index (χ4v) is 1.78. The molecule has 1 aromatic heterocycles. The van der Waals surface area contributed by atoms with Gasteiger partial charge in [0.15, 0.2) is 11.9 Å². The van der Waals surface area contributed by atoms with Gasteiger partial charge in [0, 0.05) is 5.75 Å². The van der Waals surface area contributed by atoms with Crippen LogP contribution in [0, 0.1) is 6.92 Å². The van der Waals surface area contributed by atoms with Gasteiger partial charge in [0.05, 0.1) is 5.25 Å². The molecule has 2 atom stereocenters. The summed E-state index contributed by atoms with van der Waals surface area (Å²) in [6.07, 6.45) is -6.92. The average molecular weight is 256 g/mol. The molecule has 1 heterocycles. The van der Waals surface area contributed by atoms with Crippen molar-refractivity contribution in [2.24, 2.45) is 0 Å². The van der Waals surface area contributed by atoms with E-state index in [0.29, 0.717) is 5.82 Å². The minimum absolute atomic E-state index is 0.261. The highest BCUT2D eigenvalue weighted by atomic mass is 32.2. The Kier molecular flexibility index (Phi) is 4.20. The number of alkyl halides is 3. The standard InChI is InChI=1S/C8H11F3N2O2S/c1-4(7-12-5(2)13-15-7)16-3-6(14)8(9,10)11/h4,6,14H,3H2,1-2H3/t4-,6-/m1/s1. The van der Waals surface area contributed by atoms with Gasteiger partial charge in [-0.25, -0.2) is 0 Å². The maximum absolute atomic E-state index is 12.0. The van der Waals surface area contributed by atoms with Gasteiger partial charge in [-0.15, -0.1) is 11.8 Å². The Morgan fingerprint density at radius 1 is 1.50 bits per heavy atom. The van der Waals surface area contributed by atoms with E-state index in [2.05, 4.69) is 10.1 Å². The van der Waals surface area contributed by atoms with Crippen LogP contribution >= 0.6 is 11.8 Å². The van der Waals surface area contributed by atoms with Crippen molar-refractivity contribution < 1.29 is 22.8 Å². The number of hydrogen-bond donors (Lipinski definition) is 1. The molecule has 0 fully saturated rings. The van der Waals surface area contributed by atoms with E-state index >= 15 is 0 Å². The van der Waals surface area contributed by atoms with Crippen molar-refractivity contribution in [3.05, 3.63) is 11.7 Å². The molecule has 0 aliphatic heterocycles. The molecule has 0 spiro atoms. The number of hydrogen-bond acceptors (Lipinski definition) is 5. The molecule has 92 valence electrons. The third kappa shape index (κ3) is 3.67. The first-order valence-electron chi connectivity index (χ1n) is 4.47. The van der Waals surface area contributed by atoms with Crippen LogP contribution in [-0.2, 0) is 0 Å². The second kappa shape index (κ2) is 5.05. The molecule has 16 heavy (non-hydrogen) atoms. The summed E-state index contributed by atoms with van der Waals surface area (Å²) in [5.41, 5.74) is 0. The van der Waals surface area contributed by atoms with Gasteiger partial charge in [-0.05, 0) is 13.8 Å². The number of rotatable bonds is 4.